The van der Waals surface area contributed by atoms with Gasteiger partial charge in [-0.3, -0.25) is 4.72 Å². The van der Waals surface area contributed by atoms with Crippen molar-refractivity contribution < 1.29 is 17.5 Å². The predicted octanol–water partition coefficient (Wildman–Crippen LogP) is 1.56. The van der Waals surface area contributed by atoms with E-state index in [2.05, 4.69) is 14.7 Å². The van der Waals surface area contributed by atoms with Crippen LogP contribution in [0.15, 0.2) is 35.5 Å². The van der Waals surface area contributed by atoms with Crippen molar-refractivity contribution in [2.75, 3.05) is 35.9 Å². The van der Waals surface area contributed by atoms with Crippen LogP contribution in [0.1, 0.15) is 5.56 Å². The Bertz CT molecular complexity index is 821. The van der Waals surface area contributed by atoms with E-state index < -0.39 is 15.8 Å². The van der Waals surface area contributed by atoms with Crippen LogP contribution in [0.5, 0.6) is 0 Å². The molecule has 2 heterocycles. The molecule has 1 aromatic carbocycles. The van der Waals surface area contributed by atoms with Gasteiger partial charge in [0.2, 0.25) is 5.95 Å². The van der Waals surface area contributed by atoms with E-state index in [0.717, 1.165) is 6.07 Å². The van der Waals surface area contributed by atoms with E-state index in [0.29, 0.717) is 37.8 Å². The molecule has 0 radical (unpaired) electrons. The Labute approximate surface area is 139 Å². The van der Waals surface area contributed by atoms with Crippen LogP contribution in [0.25, 0.3) is 0 Å². The summed E-state index contributed by atoms with van der Waals surface area (Å²) >= 11 is 0. The molecule has 0 atom stereocenters. The Hall–Kier alpha value is -2.26. The molecular weight excluding hydrogens is 335 g/mol. The number of sulfonamides is 1. The van der Waals surface area contributed by atoms with Crippen LogP contribution < -0.4 is 9.62 Å². The Balaban J connectivity index is 1.77. The quantitative estimate of drug-likeness (QED) is 0.899. The summed E-state index contributed by atoms with van der Waals surface area (Å²) in [6.07, 6.45) is 2.82. The van der Waals surface area contributed by atoms with E-state index in [-0.39, 0.29) is 10.6 Å². The van der Waals surface area contributed by atoms with Crippen molar-refractivity contribution in [3.05, 3.63) is 42.0 Å². The summed E-state index contributed by atoms with van der Waals surface area (Å²) in [4.78, 5) is 10.4. The van der Waals surface area contributed by atoms with Gasteiger partial charge in [0.05, 0.1) is 36.2 Å². The molecule has 24 heavy (non-hydrogen) atoms. The van der Waals surface area contributed by atoms with Crippen molar-refractivity contribution in [2.45, 2.75) is 11.8 Å². The highest BCUT2D eigenvalue weighted by Gasteiger charge is 2.18. The summed E-state index contributed by atoms with van der Waals surface area (Å²) in [5, 5.41) is 0. The van der Waals surface area contributed by atoms with Gasteiger partial charge in [-0.05, 0) is 30.7 Å². The number of aryl methyl sites for hydroxylation is 1. The minimum absolute atomic E-state index is 0.0150. The van der Waals surface area contributed by atoms with E-state index in [4.69, 9.17) is 4.74 Å². The largest absolute Gasteiger partial charge is 0.378 e. The molecule has 0 unspecified atom stereocenters. The van der Waals surface area contributed by atoms with Crippen LogP contribution in [-0.4, -0.2) is 44.7 Å². The SMILES string of the molecule is Cc1cc(F)ccc1S(=O)(=O)Nc1cnc(N2CCOCC2)nc1. The number of aromatic nitrogens is 2. The summed E-state index contributed by atoms with van der Waals surface area (Å²) in [7, 11) is -3.83. The lowest BCUT2D eigenvalue weighted by atomic mass is 10.2. The number of halogens is 1. The highest BCUT2D eigenvalue weighted by Crippen LogP contribution is 2.20. The number of nitrogens with zero attached hydrogens (tertiary/aromatic N) is 3. The second kappa shape index (κ2) is 6.70. The predicted molar refractivity (Wildman–Crippen MR) is 87.0 cm³/mol. The first-order valence-electron chi connectivity index (χ1n) is 7.39. The Kier molecular flexibility index (Phi) is 4.63. The molecule has 0 bridgehead atoms. The van der Waals surface area contributed by atoms with Gasteiger partial charge < -0.3 is 9.64 Å². The van der Waals surface area contributed by atoms with E-state index in [1.165, 1.54) is 31.5 Å². The fourth-order valence-electron chi connectivity index (χ4n) is 2.43. The van der Waals surface area contributed by atoms with Crippen LogP contribution in [0, 0.1) is 12.7 Å². The number of rotatable bonds is 4. The molecule has 1 aromatic heterocycles. The zero-order valence-corrected chi connectivity index (χ0v) is 13.9. The number of morpholine rings is 1. The third-order valence-corrected chi connectivity index (χ3v) is 5.15. The molecule has 1 aliphatic heterocycles. The number of benzene rings is 1. The van der Waals surface area contributed by atoms with Gasteiger partial charge in [-0.1, -0.05) is 0 Å². The number of hydrogen-bond acceptors (Lipinski definition) is 6. The van der Waals surface area contributed by atoms with E-state index in [9.17, 15) is 12.8 Å². The Morgan fingerprint density at radius 2 is 1.88 bits per heavy atom. The monoisotopic (exact) mass is 352 g/mol. The molecular formula is C15H17FN4O3S. The highest BCUT2D eigenvalue weighted by atomic mass is 32.2. The maximum absolute atomic E-state index is 13.1. The van der Waals surface area contributed by atoms with Gasteiger partial charge in [0, 0.05) is 13.1 Å². The molecule has 1 fully saturated rings. The average molecular weight is 352 g/mol. The lowest BCUT2D eigenvalue weighted by molar-refractivity contribution is 0.122. The van der Waals surface area contributed by atoms with Gasteiger partial charge >= 0.3 is 0 Å². The van der Waals surface area contributed by atoms with Crippen LogP contribution in [0.4, 0.5) is 16.0 Å². The highest BCUT2D eigenvalue weighted by molar-refractivity contribution is 7.92. The molecule has 7 nitrogen and oxygen atoms in total. The van der Waals surface area contributed by atoms with Gasteiger partial charge in [-0.15, -0.1) is 0 Å². The topological polar surface area (TPSA) is 84.4 Å². The van der Waals surface area contributed by atoms with Crippen molar-refractivity contribution in [2.24, 2.45) is 0 Å². The fraction of sp³-hybridized carbons (Fsp3) is 0.333. The van der Waals surface area contributed by atoms with Crippen LogP contribution in [-0.2, 0) is 14.8 Å². The number of anilines is 2. The van der Waals surface area contributed by atoms with Gasteiger partial charge in [0.15, 0.2) is 0 Å². The zero-order chi connectivity index (χ0) is 17.2. The van der Waals surface area contributed by atoms with Gasteiger partial charge in [-0.2, -0.15) is 0 Å². The number of hydrogen-bond donors (Lipinski definition) is 1. The first-order chi connectivity index (χ1) is 11.5. The Morgan fingerprint density at radius 3 is 2.50 bits per heavy atom. The summed E-state index contributed by atoms with van der Waals surface area (Å²) in [6.45, 7) is 4.15. The second-order valence-electron chi connectivity index (χ2n) is 5.39. The smallest absolute Gasteiger partial charge is 0.262 e. The Morgan fingerprint density at radius 1 is 1.21 bits per heavy atom. The molecule has 9 heteroatoms. The van der Waals surface area contributed by atoms with Crippen molar-refractivity contribution >= 4 is 21.7 Å². The molecule has 0 aliphatic carbocycles. The lowest BCUT2D eigenvalue weighted by Gasteiger charge is -2.26. The van der Waals surface area contributed by atoms with Crippen molar-refractivity contribution in [1.82, 2.24) is 9.97 Å². The minimum Gasteiger partial charge on any atom is -0.378 e. The molecule has 1 N–H and O–H groups in total. The van der Waals surface area contributed by atoms with Gasteiger partial charge in [0.25, 0.3) is 10.0 Å². The third kappa shape index (κ3) is 3.62. The summed E-state index contributed by atoms with van der Waals surface area (Å²) in [5.74, 6) is 0.0452. The van der Waals surface area contributed by atoms with E-state index in [1.54, 1.807) is 0 Å². The summed E-state index contributed by atoms with van der Waals surface area (Å²) in [5.41, 5.74) is 0.573. The molecule has 0 amide bonds. The van der Waals surface area contributed by atoms with Crippen molar-refractivity contribution in [3.63, 3.8) is 0 Å². The van der Waals surface area contributed by atoms with E-state index >= 15 is 0 Å². The van der Waals surface area contributed by atoms with Crippen LogP contribution in [0.3, 0.4) is 0 Å². The van der Waals surface area contributed by atoms with Gasteiger partial charge in [0.1, 0.15) is 5.82 Å². The van der Waals surface area contributed by atoms with Crippen LogP contribution >= 0.6 is 0 Å². The maximum Gasteiger partial charge on any atom is 0.262 e. The normalized spacial score (nSPS) is 15.3. The minimum atomic E-state index is -3.83. The first-order valence-corrected chi connectivity index (χ1v) is 8.88. The molecule has 0 spiro atoms. The second-order valence-corrected chi connectivity index (χ2v) is 7.04. The molecule has 1 aliphatic rings. The van der Waals surface area contributed by atoms with Crippen LogP contribution in [0.2, 0.25) is 0 Å². The maximum atomic E-state index is 13.1. The van der Waals surface area contributed by atoms with Gasteiger partial charge in [-0.25, -0.2) is 22.8 Å². The molecule has 128 valence electrons. The summed E-state index contributed by atoms with van der Waals surface area (Å²) < 4.78 is 45.6. The standard InChI is InChI=1S/C15H17FN4O3S/c1-11-8-12(16)2-3-14(11)24(21,22)19-13-9-17-15(18-10-13)20-4-6-23-7-5-20/h2-3,8-10,19H,4-7H2,1H3. The molecule has 1 saturated heterocycles. The molecule has 2 aromatic rings. The number of nitrogens with one attached hydrogen (secondary N) is 1. The number of ether oxygens (including phenoxy) is 1. The van der Waals surface area contributed by atoms with Crippen molar-refractivity contribution in [1.29, 1.82) is 0 Å². The third-order valence-electron chi connectivity index (χ3n) is 3.61. The average Bonchev–Trinajstić information content (AvgIpc) is 2.55. The summed E-state index contributed by atoms with van der Waals surface area (Å²) in [6, 6.07) is 3.52. The molecule has 3 rings (SSSR count). The lowest BCUT2D eigenvalue weighted by Crippen LogP contribution is -2.37. The molecule has 0 saturated carbocycles. The first kappa shape index (κ1) is 16.6. The van der Waals surface area contributed by atoms with Crippen molar-refractivity contribution in [3.8, 4) is 0 Å². The van der Waals surface area contributed by atoms with E-state index in [1.807, 2.05) is 4.90 Å². The fourth-order valence-corrected chi connectivity index (χ4v) is 3.68. The zero-order valence-electron chi connectivity index (χ0n) is 13.1.